The minimum Gasteiger partial charge on any atom is -0.400 e. The molecule has 0 spiro atoms. The van der Waals surface area contributed by atoms with Gasteiger partial charge < -0.3 is 9.57 Å². The fourth-order valence-corrected chi connectivity index (χ4v) is 0.706. The Labute approximate surface area is 65.8 Å². The normalized spacial score (nSPS) is 11.3. The topological polar surface area (TPSA) is 44.5 Å². The van der Waals surface area contributed by atoms with E-state index in [1.165, 1.54) is 0 Å². The van der Waals surface area contributed by atoms with Gasteiger partial charge in [0, 0.05) is 7.11 Å². The number of methoxy groups -OCH3 is 1. The van der Waals surface area contributed by atoms with Crippen molar-refractivity contribution in [3.8, 4) is 0 Å². The van der Waals surface area contributed by atoms with Gasteiger partial charge in [-0.3, -0.25) is 0 Å². The molecule has 0 bridgehead atoms. The first kappa shape index (κ1) is 9.55. The molecule has 3 nitrogen and oxygen atoms in total. The van der Waals surface area contributed by atoms with Gasteiger partial charge in [0.25, 0.3) is 0 Å². The van der Waals surface area contributed by atoms with Crippen molar-refractivity contribution in [1.29, 1.82) is 0 Å². The van der Waals surface area contributed by atoms with E-state index in [-0.39, 0.29) is 5.05 Å². The minimum absolute atomic E-state index is 0.273. The number of hydrogen-bond donors (Lipinski definition) is 1. The van der Waals surface area contributed by atoms with Gasteiger partial charge in [0.05, 0.1) is 6.61 Å². The molecule has 0 aromatic heterocycles. The summed E-state index contributed by atoms with van der Waals surface area (Å²) in [6.45, 7) is 2.43. The van der Waals surface area contributed by atoms with Crippen molar-refractivity contribution in [1.82, 2.24) is 0 Å². The van der Waals surface area contributed by atoms with Gasteiger partial charge in [0.2, 0.25) is 5.05 Å². The third-order valence-electron chi connectivity index (χ3n) is 0.852. The minimum atomic E-state index is 0.273. The molecule has 10 heavy (non-hydrogen) atoms. The van der Waals surface area contributed by atoms with E-state index in [4.69, 9.17) is 10.6 Å². The van der Waals surface area contributed by atoms with Crippen molar-refractivity contribution in [2.75, 3.05) is 13.7 Å². The molecule has 58 valence electrons. The van der Waals surface area contributed by atoms with Crippen LogP contribution in [0.2, 0.25) is 0 Å². The van der Waals surface area contributed by atoms with Crippen LogP contribution in [0, 0.1) is 0 Å². The molecule has 0 aliphatic rings. The lowest BCUT2D eigenvalue weighted by atomic mass is 10.3. The predicted molar refractivity (Wildman–Crippen MR) is 43.5 cm³/mol. The molecule has 0 amide bonds. The molecule has 0 heterocycles. The standard InChI is InChI=1S/C6H11NO2S/c1-5(4-8-2)3-6(10)9-7/h3H,4,7H2,1-2H3/b5-3+. The first-order valence-electron chi connectivity index (χ1n) is 2.77. The van der Waals surface area contributed by atoms with Gasteiger partial charge in [-0.2, -0.15) is 5.90 Å². The monoisotopic (exact) mass is 161 g/mol. The van der Waals surface area contributed by atoms with E-state index in [1.54, 1.807) is 13.2 Å². The molecule has 0 radical (unpaired) electrons. The van der Waals surface area contributed by atoms with Crippen molar-refractivity contribution in [3.63, 3.8) is 0 Å². The van der Waals surface area contributed by atoms with Crippen LogP contribution < -0.4 is 5.90 Å². The van der Waals surface area contributed by atoms with Gasteiger partial charge in [-0.1, -0.05) is 0 Å². The van der Waals surface area contributed by atoms with E-state index in [0.29, 0.717) is 6.61 Å². The van der Waals surface area contributed by atoms with Crippen LogP contribution in [0.1, 0.15) is 6.92 Å². The van der Waals surface area contributed by atoms with Gasteiger partial charge in [0.15, 0.2) is 0 Å². The molecular formula is C6H11NO2S. The maximum absolute atomic E-state index is 4.82. The van der Waals surface area contributed by atoms with Gasteiger partial charge in [0.1, 0.15) is 0 Å². The van der Waals surface area contributed by atoms with E-state index in [0.717, 1.165) is 5.57 Å². The Kier molecular flexibility index (Phi) is 5.10. The molecule has 0 saturated carbocycles. The van der Waals surface area contributed by atoms with E-state index >= 15 is 0 Å². The van der Waals surface area contributed by atoms with Crippen LogP contribution in [-0.4, -0.2) is 18.8 Å². The molecule has 0 fully saturated rings. The highest BCUT2D eigenvalue weighted by Crippen LogP contribution is 1.93. The molecule has 0 saturated heterocycles. The maximum Gasteiger partial charge on any atom is 0.210 e. The van der Waals surface area contributed by atoms with Crippen LogP contribution in [0.4, 0.5) is 0 Å². The van der Waals surface area contributed by atoms with Crippen LogP contribution in [0.3, 0.4) is 0 Å². The fourth-order valence-electron chi connectivity index (χ4n) is 0.505. The van der Waals surface area contributed by atoms with Gasteiger partial charge >= 0.3 is 0 Å². The molecule has 2 N–H and O–H groups in total. The molecule has 0 atom stereocenters. The summed E-state index contributed by atoms with van der Waals surface area (Å²) in [7, 11) is 1.61. The summed E-state index contributed by atoms with van der Waals surface area (Å²) in [5.74, 6) is 4.79. The summed E-state index contributed by atoms with van der Waals surface area (Å²) in [6, 6.07) is 0. The first-order chi connectivity index (χ1) is 4.70. The zero-order valence-corrected chi connectivity index (χ0v) is 6.90. The van der Waals surface area contributed by atoms with Crippen LogP contribution >= 0.6 is 12.2 Å². The van der Waals surface area contributed by atoms with E-state index in [1.807, 2.05) is 6.92 Å². The van der Waals surface area contributed by atoms with Crippen molar-refractivity contribution in [2.45, 2.75) is 6.92 Å². The highest BCUT2D eigenvalue weighted by atomic mass is 32.1. The van der Waals surface area contributed by atoms with Gasteiger partial charge in [-0.15, -0.1) is 0 Å². The van der Waals surface area contributed by atoms with Crippen molar-refractivity contribution < 1.29 is 9.57 Å². The van der Waals surface area contributed by atoms with Crippen molar-refractivity contribution >= 4 is 17.3 Å². The molecule has 4 heteroatoms. The smallest absolute Gasteiger partial charge is 0.210 e. The van der Waals surface area contributed by atoms with Crippen LogP contribution in [0.5, 0.6) is 0 Å². The van der Waals surface area contributed by atoms with Crippen LogP contribution in [0.15, 0.2) is 11.6 Å². The number of ether oxygens (including phenoxy) is 1. The zero-order valence-electron chi connectivity index (χ0n) is 6.09. The molecule has 0 rings (SSSR count). The van der Waals surface area contributed by atoms with Crippen molar-refractivity contribution in [3.05, 3.63) is 11.6 Å². The summed E-state index contributed by atoms with van der Waals surface area (Å²) in [6.07, 6.45) is 1.65. The molecule has 0 aliphatic heterocycles. The predicted octanol–water partition coefficient (Wildman–Crippen LogP) is 0.797. The Balaban J connectivity index is 3.77. The average Bonchev–Trinajstić information content (AvgIpc) is 1.88. The number of hydrogen-bond acceptors (Lipinski definition) is 4. The number of nitrogens with two attached hydrogens (primary N) is 1. The Bertz CT molecular complexity index is 145. The SMILES string of the molecule is COC/C(C)=C/C(=S)ON. The van der Waals surface area contributed by atoms with Gasteiger partial charge in [-0.05, 0) is 30.8 Å². The fraction of sp³-hybridized carbons (Fsp3) is 0.500. The van der Waals surface area contributed by atoms with Crippen LogP contribution in [-0.2, 0) is 9.57 Å². The maximum atomic E-state index is 4.82. The van der Waals surface area contributed by atoms with Gasteiger partial charge in [-0.25, -0.2) is 0 Å². The Morgan fingerprint density at radius 1 is 1.70 bits per heavy atom. The summed E-state index contributed by atoms with van der Waals surface area (Å²) >= 11 is 4.67. The highest BCUT2D eigenvalue weighted by Gasteiger charge is 1.91. The Morgan fingerprint density at radius 2 is 2.30 bits per heavy atom. The quantitative estimate of drug-likeness (QED) is 0.378. The second-order valence-electron chi connectivity index (χ2n) is 1.86. The van der Waals surface area contributed by atoms with Crippen LogP contribution in [0.25, 0.3) is 0 Å². The van der Waals surface area contributed by atoms with E-state index in [9.17, 15) is 0 Å². The largest absolute Gasteiger partial charge is 0.400 e. The van der Waals surface area contributed by atoms with E-state index < -0.39 is 0 Å². The second-order valence-corrected chi connectivity index (χ2v) is 2.26. The molecule has 0 unspecified atom stereocenters. The first-order valence-corrected chi connectivity index (χ1v) is 3.18. The summed E-state index contributed by atoms with van der Waals surface area (Å²) in [5.41, 5.74) is 0.984. The molecule has 0 aromatic rings. The second kappa shape index (κ2) is 5.34. The molecule has 0 aliphatic carbocycles. The number of thiocarbonyl (C=S) groups is 1. The summed E-state index contributed by atoms with van der Waals surface area (Å²) < 4.78 is 4.82. The summed E-state index contributed by atoms with van der Waals surface area (Å²) in [5, 5.41) is 0.273. The summed E-state index contributed by atoms with van der Waals surface area (Å²) in [4.78, 5) is 4.27. The lowest BCUT2D eigenvalue weighted by Crippen LogP contribution is -2.05. The Morgan fingerprint density at radius 3 is 2.70 bits per heavy atom. The zero-order chi connectivity index (χ0) is 7.98. The number of rotatable bonds is 3. The third-order valence-corrected chi connectivity index (χ3v) is 1.07. The Hall–Kier alpha value is -0.450. The lowest BCUT2D eigenvalue weighted by molar-refractivity contribution is 0.225. The lowest BCUT2D eigenvalue weighted by Gasteiger charge is -1.98. The average molecular weight is 161 g/mol. The highest BCUT2D eigenvalue weighted by molar-refractivity contribution is 7.80. The molecule has 0 aromatic carbocycles. The van der Waals surface area contributed by atoms with Crippen molar-refractivity contribution in [2.24, 2.45) is 5.90 Å². The molecular weight excluding hydrogens is 150 g/mol. The third kappa shape index (κ3) is 4.43. The van der Waals surface area contributed by atoms with E-state index in [2.05, 4.69) is 17.1 Å².